The second-order valence-corrected chi connectivity index (χ2v) is 5.17. The quantitative estimate of drug-likeness (QED) is 0.819. The van der Waals surface area contributed by atoms with Gasteiger partial charge >= 0.3 is 0 Å². The monoisotopic (exact) mass is 263 g/mol. The summed E-state index contributed by atoms with van der Waals surface area (Å²) >= 11 is 0. The van der Waals surface area contributed by atoms with E-state index in [2.05, 4.69) is 12.2 Å². The van der Waals surface area contributed by atoms with Crippen LogP contribution in [0, 0.1) is 5.92 Å². The van der Waals surface area contributed by atoms with Crippen molar-refractivity contribution in [2.24, 2.45) is 5.92 Å². The Labute approximate surface area is 116 Å². The molecule has 0 aliphatic heterocycles. The van der Waals surface area contributed by atoms with E-state index in [4.69, 9.17) is 9.47 Å². The molecular weight excluding hydrogens is 238 g/mol. The predicted molar refractivity (Wildman–Crippen MR) is 77.9 cm³/mol. The molecular formula is C16H25NO2. The summed E-state index contributed by atoms with van der Waals surface area (Å²) in [6.07, 6.45) is 5.13. The summed E-state index contributed by atoms with van der Waals surface area (Å²) in [5.41, 5.74) is 0. The Kier molecular flexibility index (Phi) is 5.52. The first-order chi connectivity index (χ1) is 9.33. The van der Waals surface area contributed by atoms with E-state index >= 15 is 0 Å². The Morgan fingerprint density at radius 2 is 2.11 bits per heavy atom. The zero-order chi connectivity index (χ0) is 13.5. The van der Waals surface area contributed by atoms with Gasteiger partial charge in [0.05, 0.1) is 13.7 Å². The van der Waals surface area contributed by atoms with Crippen molar-refractivity contribution in [2.75, 3.05) is 20.3 Å². The Morgan fingerprint density at radius 3 is 2.89 bits per heavy atom. The average molecular weight is 263 g/mol. The van der Waals surface area contributed by atoms with Gasteiger partial charge in [-0.25, -0.2) is 0 Å². The van der Waals surface area contributed by atoms with Crippen LogP contribution in [0.2, 0.25) is 0 Å². The topological polar surface area (TPSA) is 30.5 Å². The molecule has 2 rings (SSSR count). The number of ether oxygens (including phenoxy) is 2. The minimum atomic E-state index is 0.693. The lowest BCUT2D eigenvalue weighted by Crippen LogP contribution is -2.32. The smallest absolute Gasteiger partial charge is 0.122 e. The maximum atomic E-state index is 5.83. The Balaban J connectivity index is 1.76. The fourth-order valence-corrected chi connectivity index (χ4v) is 2.93. The molecule has 0 heterocycles. The van der Waals surface area contributed by atoms with Crippen molar-refractivity contribution >= 4 is 0 Å². The number of benzene rings is 1. The number of nitrogens with one attached hydrogen (secondary N) is 1. The first kappa shape index (κ1) is 14.2. The van der Waals surface area contributed by atoms with Crippen LogP contribution in [-0.4, -0.2) is 26.3 Å². The van der Waals surface area contributed by atoms with Gasteiger partial charge in [-0.15, -0.1) is 0 Å². The van der Waals surface area contributed by atoms with Crippen molar-refractivity contribution < 1.29 is 9.47 Å². The zero-order valence-electron chi connectivity index (χ0n) is 12.0. The van der Waals surface area contributed by atoms with E-state index in [-0.39, 0.29) is 0 Å². The lowest BCUT2D eigenvalue weighted by Gasteiger charge is -2.20. The van der Waals surface area contributed by atoms with Crippen molar-refractivity contribution in [3.8, 4) is 11.5 Å². The van der Waals surface area contributed by atoms with E-state index in [1.54, 1.807) is 7.11 Å². The van der Waals surface area contributed by atoms with Crippen LogP contribution in [0.25, 0.3) is 0 Å². The highest BCUT2D eigenvalue weighted by Crippen LogP contribution is 2.28. The SMILES string of the molecule is CCNC1CCCC1CCOc1cccc(OC)c1. The molecule has 2 unspecified atom stereocenters. The van der Waals surface area contributed by atoms with Crippen LogP contribution in [0.4, 0.5) is 0 Å². The third-order valence-electron chi connectivity index (χ3n) is 3.92. The third-order valence-corrected chi connectivity index (χ3v) is 3.92. The van der Waals surface area contributed by atoms with Crippen LogP contribution in [0.3, 0.4) is 0 Å². The number of hydrogen-bond acceptors (Lipinski definition) is 3. The first-order valence-corrected chi connectivity index (χ1v) is 7.33. The molecule has 0 saturated heterocycles. The second-order valence-electron chi connectivity index (χ2n) is 5.17. The summed E-state index contributed by atoms with van der Waals surface area (Å²) < 4.78 is 11.0. The lowest BCUT2D eigenvalue weighted by atomic mass is 10.00. The molecule has 1 saturated carbocycles. The minimum absolute atomic E-state index is 0.693. The van der Waals surface area contributed by atoms with E-state index < -0.39 is 0 Å². The molecule has 1 aromatic rings. The summed E-state index contributed by atoms with van der Waals surface area (Å²) in [5, 5.41) is 3.59. The molecule has 3 heteroatoms. The van der Waals surface area contributed by atoms with Gasteiger partial charge in [-0.2, -0.15) is 0 Å². The third kappa shape index (κ3) is 4.13. The van der Waals surface area contributed by atoms with Crippen molar-refractivity contribution in [1.29, 1.82) is 0 Å². The highest BCUT2D eigenvalue weighted by atomic mass is 16.5. The van der Waals surface area contributed by atoms with Gasteiger partial charge in [-0.05, 0) is 43.9 Å². The summed E-state index contributed by atoms with van der Waals surface area (Å²) in [6.45, 7) is 4.04. The molecule has 0 aromatic heterocycles. The van der Waals surface area contributed by atoms with Crippen LogP contribution in [0.1, 0.15) is 32.6 Å². The second kappa shape index (κ2) is 7.39. The Morgan fingerprint density at radius 1 is 1.26 bits per heavy atom. The molecule has 106 valence electrons. The van der Waals surface area contributed by atoms with Gasteiger partial charge in [0.15, 0.2) is 0 Å². The summed E-state index contributed by atoms with van der Waals surface area (Å²) in [4.78, 5) is 0. The highest BCUT2D eigenvalue weighted by molar-refractivity contribution is 5.32. The molecule has 0 amide bonds. The van der Waals surface area contributed by atoms with Crippen LogP contribution >= 0.6 is 0 Å². The molecule has 1 aliphatic rings. The van der Waals surface area contributed by atoms with Gasteiger partial charge in [-0.1, -0.05) is 19.4 Å². The Hall–Kier alpha value is -1.22. The standard InChI is InChI=1S/C16H25NO2/c1-3-17-16-9-4-6-13(16)10-11-19-15-8-5-7-14(12-15)18-2/h5,7-8,12-13,16-17H,3-4,6,9-11H2,1-2H3. The highest BCUT2D eigenvalue weighted by Gasteiger charge is 2.25. The average Bonchev–Trinajstić information content (AvgIpc) is 2.87. The van der Waals surface area contributed by atoms with E-state index in [1.807, 2.05) is 24.3 Å². The van der Waals surface area contributed by atoms with Gasteiger partial charge in [0, 0.05) is 12.1 Å². The first-order valence-electron chi connectivity index (χ1n) is 7.33. The van der Waals surface area contributed by atoms with Crippen molar-refractivity contribution in [3.63, 3.8) is 0 Å². The molecule has 19 heavy (non-hydrogen) atoms. The Bertz CT molecular complexity index is 381. The summed E-state index contributed by atoms with van der Waals surface area (Å²) in [7, 11) is 1.68. The molecule has 1 aromatic carbocycles. The molecule has 1 N–H and O–H groups in total. The molecule has 3 nitrogen and oxygen atoms in total. The fraction of sp³-hybridized carbons (Fsp3) is 0.625. The molecule has 1 aliphatic carbocycles. The zero-order valence-corrected chi connectivity index (χ0v) is 12.0. The van der Waals surface area contributed by atoms with E-state index in [9.17, 15) is 0 Å². The van der Waals surface area contributed by atoms with Gasteiger partial charge in [0.1, 0.15) is 11.5 Å². The van der Waals surface area contributed by atoms with Crippen molar-refractivity contribution in [3.05, 3.63) is 24.3 Å². The van der Waals surface area contributed by atoms with E-state index in [0.29, 0.717) is 6.04 Å². The van der Waals surface area contributed by atoms with Gasteiger partial charge in [0.25, 0.3) is 0 Å². The van der Waals surface area contributed by atoms with Crippen molar-refractivity contribution in [2.45, 2.75) is 38.6 Å². The van der Waals surface area contributed by atoms with Gasteiger partial charge in [-0.3, -0.25) is 0 Å². The maximum Gasteiger partial charge on any atom is 0.122 e. The molecule has 1 fully saturated rings. The lowest BCUT2D eigenvalue weighted by molar-refractivity contribution is 0.260. The largest absolute Gasteiger partial charge is 0.497 e. The van der Waals surface area contributed by atoms with Crippen LogP contribution < -0.4 is 14.8 Å². The number of rotatable bonds is 7. The molecule has 0 bridgehead atoms. The summed E-state index contributed by atoms with van der Waals surface area (Å²) in [6, 6.07) is 8.52. The van der Waals surface area contributed by atoms with Crippen LogP contribution in [0.15, 0.2) is 24.3 Å². The normalized spacial score (nSPS) is 22.4. The van der Waals surface area contributed by atoms with Gasteiger partial charge < -0.3 is 14.8 Å². The minimum Gasteiger partial charge on any atom is -0.497 e. The van der Waals surface area contributed by atoms with Crippen molar-refractivity contribution in [1.82, 2.24) is 5.32 Å². The summed E-state index contributed by atoms with van der Waals surface area (Å²) in [5.74, 6) is 2.52. The molecule has 0 radical (unpaired) electrons. The van der Waals surface area contributed by atoms with Crippen LogP contribution in [0.5, 0.6) is 11.5 Å². The van der Waals surface area contributed by atoms with E-state index in [0.717, 1.165) is 37.0 Å². The maximum absolute atomic E-state index is 5.83. The molecule has 0 spiro atoms. The fourth-order valence-electron chi connectivity index (χ4n) is 2.93. The number of hydrogen-bond donors (Lipinski definition) is 1. The van der Waals surface area contributed by atoms with Gasteiger partial charge in [0.2, 0.25) is 0 Å². The molecule has 2 atom stereocenters. The van der Waals surface area contributed by atoms with Crippen LogP contribution in [-0.2, 0) is 0 Å². The predicted octanol–water partition coefficient (Wildman–Crippen LogP) is 3.24. The number of methoxy groups -OCH3 is 1. The van der Waals surface area contributed by atoms with E-state index in [1.165, 1.54) is 19.3 Å².